The fourth-order valence-electron chi connectivity index (χ4n) is 3.45. The van der Waals surface area contributed by atoms with Gasteiger partial charge in [0.1, 0.15) is 0 Å². The summed E-state index contributed by atoms with van der Waals surface area (Å²) in [5.74, 6) is 0.520. The average molecular weight is 355 g/mol. The molecule has 4 heterocycles. The molecule has 0 spiro atoms. The Hall–Kier alpha value is -2.37. The van der Waals surface area contributed by atoms with Gasteiger partial charge in [0.15, 0.2) is 6.07 Å². The molecule has 0 radical (unpaired) electrons. The second-order valence-electron chi connectivity index (χ2n) is 6.33. The van der Waals surface area contributed by atoms with Crippen molar-refractivity contribution in [3.05, 3.63) is 35.7 Å². The molecule has 2 aromatic rings. The van der Waals surface area contributed by atoms with Crippen LogP contribution in [0, 0.1) is 17.2 Å². The number of aromatic nitrogens is 2. The van der Waals surface area contributed by atoms with Gasteiger partial charge in [-0.25, -0.2) is 0 Å². The lowest BCUT2D eigenvalue weighted by Crippen LogP contribution is -2.57. The van der Waals surface area contributed by atoms with E-state index in [1.54, 1.807) is 18.2 Å². The molecule has 0 aliphatic carbocycles. The smallest absolute Gasteiger partial charge is 0.321 e. The van der Waals surface area contributed by atoms with Gasteiger partial charge < -0.3 is 14.6 Å². The highest BCUT2D eigenvalue weighted by Crippen LogP contribution is 2.28. The van der Waals surface area contributed by atoms with Crippen LogP contribution in [-0.2, 0) is 0 Å². The summed E-state index contributed by atoms with van der Waals surface area (Å²) in [7, 11) is 0. The molecule has 3 aliphatic heterocycles. The summed E-state index contributed by atoms with van der Waals surface area (Å²) < 4.78 is 5.14. The van der Waals surface area contributed by atoms with Crippen molar-refractivity contribution in [1.29, 1.82) is 5.26 Å². The third-order valence-electron chi connectivity index (χ3n) is 4.80. The van der Waals surface area contributed by atoms with Crippen molar-refractivity contribution in [2.24, 2.45) is 5.92 Å². The topological polar surface area (TPSA) is 95.0 Å². The number of nitrogens with one attached hydrogen (secondary N) is 1. The molecular weight excluding hydrogens is 338 g/mol. The highest BCUT2D eigenvalue weighted by molar-refractivity contribution is 7.99. The van der Waals surface area contributed by atoms with E-state index in [4.69, 9.17) is 9.68 Å². The molecule has 3 fully saturated rings. The van der Waals surface area contributed by atoms with Crippen molar-refractivity contribution in [2.75, 3.05) is 19.6 Å². The van der Waals surface area contributed by atoms with Crippen molar-refractivity contribution in [3.8, 4) is 6.07 Å². The van der Waals surface area contributed by atoms with E-state index < -0.39 is 0 Å². The van der Waals surface area contributed by atoms with Crippen LogP contribution in [0.1, 0.15) is 29.1 Å². The highest BCUT2D eigenvalue weighted by Gasteiger charge is 2.34. The molecular formula is C17H17N5O2S. The summed E-state index contributed by atoms with van der Waals surface area (Å²) in [6, 6.07) is 9.32. The van der Waals surface area contributed by atoms with Crippen LogP contribution in [0.2, 0.25) is 0 Å². The molecule has 1 N–H and O–H groups in total. The molecule has 1 aromatic carbocycles. The van der Waals surface area contributed by atoms with Crippen LogP contribution >= 0.6 is 11.8 Å². The summed E-state index contributed by atoms with van der Waals surface area (Å²) in [6.45, 7) is 3.28. The average Bonchev–Trinajstić information content (AvgIpc) is 3.11. The van der Waals surface area contributed by atoms with Crippen LogP contribution in [0.15, 0.2) is 38.8 Å². The lowest BCUT2D eigenvalue weighted by atomic mass is 9.84. The summed E-state index contributed by atoms with van der Waals surface area (Å²) in [5.41, 5.74) is 0.643. The van der Waals surface area contributed by atoms with Crippen molar-refractivity contribution in [1.82, 2.24) is 20.4 Å². The van der Waals surface area contributed by atoms with Gasteiger partial charge in [0.2, 0.25) is 0 Å². The number of rotatable bonds is 4. The van der Waals surface area contributed by atoms with Crippen LogP contribution in [-0.4, -0.2) is 46.7 Å². The van der Waals surface area contributed by atoms with Gasteiger partial charge in [0.25, 0.3) is 11.1 Å². The molecule has 0 saturated carbocycles. The Kier molecular flexibility index (Phi) is 4.42. The Morgan fingerprint density at radius 3 is 2.64 bits per heavy atom. The van der Waals surface area contributed by atoms with Gasteiger partial charge in [-0.3, -0.25) is 4.79 Å². The van der Waals surface area contributed by atoms with Gasteiger partial charge in [-0.15, -0.1) is 0 Å². The van der Waals surface area contributed by atoms with Crippen molar-refractivity contribution >= 4 is 17.7 Å². The molecule has 1 amide bonds. The van der Waals surface area contributed by atoms with E-state index in [9.17, 15) is 4.79 Å². The fourth-order valence-corrected chi connectivity index (χ4v) is 4.13. The maximum absolute atomic E-state index is 12.5. The van der Waals surface area contributed by atoms with E-state index >= 15 is 0 Å². The van der Waals surface area contributed by atoms with Gasteiger partial charge in [0.05, 0.1) is 0 Å². The van der Waals surface area contributed by atoms with E-state index in [1.807, 2.05) is 12.1 Å². The van der Waals surface area contributed by atoms with Crippen molar-refractivity contribution in [2.45, 2.75) is 29.0 Å². The molecule has 1 aromatic heterocycles. The first kappa shape index (κ1) is 16.1. The molecule has 1 unspecified atom stereocenters. The number of hydrogen-bond donors (Lipinski definition) is 1. The first-order valence-corrected chi connectivity index (χ1v) is 9.07. The first-order chi connectivity index (χ1) is 12.2. The number of benzene rings is 1. The van der Waals surface area contributed by atoms with E-state index in [0.29, 0.717) is 16.7 Å². The van der Waals surface area contributed by atoms with Gasteiger partial charge in [0, 0.05) is 23.0 Å². The summed E-state index contributed by atoms with van der Waals surface area (Å²) in [5, 5.41) is 19.5. The zero-order valence-corrected chi connectivity index (χ0v) is 14.3. The van der Waals surface area contributed by atoms with Crippen LogP contribution in [0.3, 0.4) is 0 Å². The largest absolute Gasteiger partial charge is 0.403 e. The minimum atomic E-state index is -0.0592. The number of fused-ring (bicyclic) bond motifs is 3. The quantitative estimate of drug-likeness (QED) is 0.895. The van der Waals surface area contributed by atoms with Crippen molar-refractivity contribution in [3.63, 3.8) is 0 Å². The van der Waals surface area contributed by atoms with E-state index in [1.165, 1.54) is 24.6 Å². The van der Waals surface area contributed by atoms with Crippen LogP contribution < -0.4 is 5.32 Å². The third kappa shape index (κ3) is 3.52. The number of amides is 1. The predicted molar refractivity (Wildman–Crippen MR) is 90.0 cm³/mol. The van der Waals surface area contributed by atoms with Gasteiger partial charge in [-0.1, -0.05) is 10.2 Å². The summed E-state index contributed by atoms with van der Waals surface area (Å²) in [6.07, 6.45) is 2.35. The number of piperidine rings is 3. The number of nitrogens with zero attached hydrogens (tertiary/aromatic N) is 4. The Morgan fingerprint density at radius 2 is 2.04 bits per heavy atom. The number of nitriles is 1. The molecule has 1 atom stereocenters. The van der Waals surface area contributed by atoms with Gasteiger partial charge in [-0.05, 0) is 67.9 Å². The molecule has 2 bridgehead atoms. The minimum Gasteiger partial charge on any atom is -0.403 e. The molecule has 128 valence electrons. The number of carbonyl (C=O) groups excluding carboxylic acids is 1. The Morgan fingerprint density at radius 1 is 1.28 bits per heavy atom. The van der Waals surface area contributed by atoms with E-state index in [2.05, 4.69) is 20.4 Å². The molecule has 5 rings (SSSR count). The van der Waals surface area contributed by atoms with Crippen molar-refractivity contribution < 1.29 is 9.21 Å². The SMILES string of the molecule is N#Cc1nnc(Sc2ccc(C(=O)NC3CN4CCC3CC4)cc2)o1. The second kappa shape index (κ2) is 6.86. The Balaban J connectivity index is 1.38. The summed E-state index contributed by atoms with van der Waals surface area (Å²) >= 11 is 1.26. The lowest BCUT2D eigenvalue weighted by Gasteiger charge is -2.44. The van der Waals surface area contributed by atoms with Gasteiger partial charge in [-0.2, -0.15) is 5.26 Å². The first-order valence-electron chi connectivity index (χ1n) is 8.26. The molecule has 7 nitrogen and oxygen atoms in total. The predicted octanol–water partition coefficient (Wildman–Crippen LogP) is 1.92. The van der Waals surface area contributed by atoms with E-state index in [0.717, 1.165) is 24.5 Å². The van der Waals surface area contributed by atoms with Crippen LogP contribution in [0.5, 0.6) is 0 Å². The molecule has 3 saturated heterocycles. The monoisotopic (exact) mass is 355 g/mol. The van der Waals surface area contributed by atoms with Crippen LogP contribution in [0.25, 0.3) is 0 Å². The Labute approximate surface area is 149 Å². The Bertz CT molecular complexity index is 805. The molecule has 25 heavy (non-hydrogen) atoms. The maximum Gasteiger partial charge on any atom is 0.321 e. The zero-order chi connectivity index (χ0) is 17.2. The summed E-state index contributed by atoms with van der Waals surface area (Å²) in [4.78, 5) is 15.8. The fraction of sp³-hybridized carbons (Fsp3) is 0.412. The standard InChI is InChI=1S/C17H17N5O2S/c18-9-15-20-21-17(24-15)25-13-3-1-12(2-4-13)16(23)19-14-10-22-7-5-11(14)6-8-22/h1-4,11,14H,5-8,10H2,(H,19,23). The molecule has 3 aliphatic rings. The number of hydrogen-bond acceptors (Lipinski definition) is 7. The molecule has 8 heteroatoms. The van der Waals surface area contributed by atoms with Crippen LogP contribution in [0.4, 0.5) is 0 Å². The number of carbonyl (C=O) groups is 1. The zero-order valence-electron chi connectivity index (χ0n) is 13.5. The highest BCUT2D eigenvalue weighted by atomic mass is 32.2. The van der Waals surface area contributed by atoms with Gasteiger partial charge >= 0.3 is 5.89 Å². The lowest BCUT2D eigenvalue weighted by molar-refractivity contribution is 0.0620. The maximum atomic E-state index is 12.5. The third-order valence-corrected chi connectivity index (χ3v) is 5.64. The minimum absolute atomic E-state index is 0.0279. The van der Waals surface area contributed by atoms with E-state index in [-0.39, 0.29) is 17.8 Å². The normalized spacial score (nSPS) is 24.7. The second-order valence-corrected chi connectivity index (χ2v) is 7.35.